The first-order chi connectivity index (χ1) is 7.08. The number of hydrogen-bond donors (Lipinski definition) is 0. The Kier molecular flexibility index (Phi) is 2.15. The summed E-state index contributed by atoms with van der Waals surface area (Å²) in [5.74, 6) is -0.0878. The number of Topliss-reactive ketones (excluding diaryl/α,β-unsaturated/α-hetero) is 1. The predicted molar refractivity (Wildman–Crippen MR) is 58.4 cm³/mol. The third-order valence-electron chi connectivity index (χ3n) is 2.35. The molecule has 0 spiro atoms. The Balaban J connectivity index is 2.84. The minimum absolute atomic E-state index is 0.0878. The van der Waals surface area contributed by atoms with E-state index in [0.29, 0.717) is 5.56 Å². The largest absolute Gasteiger partial charge is 0.295 e. The number of ketones is 1. The lowest BCUT2D eigenvalue weighted by molar-refractivity contribution is 0.101. The molecule has 2 aromatic rings. The molecule has 0 atom stereocenters. The fourth-order valence-corrected chi connectivity index (χ4v) is 1.53. The van der Waals surface area contributed by atoms with Crippen molar-refractivity contribution in [3.05, 3.63) is 51.9 Å². The van der Waals surface area contributed by atoms with Crippen LogP contribution in [0.4, 0.5) is 0 Å². The van der Waals surface area contributed by atoms with E-state index in [0.717, 1.165) is 11.1 Å². The third kappa shape index (κ3) is 1.68. The summed E-state index contributed by atoms with van der Waals surface area (Å²) in [6.07, 6.45) is 1.77. The number of rotatable bonds is 1. The van der Waals surface area contributed by atoms with Crippen molar-refractivity contribution < 1.29 is 4.79 Å². The van der Waals surface area contributed by atoms with Crippen LogP contribution in [-0.2, 0) is 0 Å². The monoisotopic (exact) mass is 201 g/mol. The van der Waals surface area contributed by atoms with Crippen molar-refractivity contribution in [1.29, 1.82) is 0 Å². The average Bonchev–Trinajstić information content (AvgIpc) is 2.18. The first-order valence-corrected chi connectivity index (χ1v) is 4.72. The highest BCUT2D eigenvalue weighted by Crippen LogP contribution is 2.06. The first-order valence-electron chi connectivity index (χ1n) is 4.72. The topological polar surface area (TPSA) is 38.5 Å². The molecule has 0 unspecified atom stereocenters. The summed E-state index contributed by atoms with van der Waals surface area (Å²) < 4.78 is 1.54. The zero-order valence-corrected chi connectivity index (χ0v) is 8.65. The number of nitrogens with zero attached hydrogens (tertiary/aromatic N) is 1. The van der Waals surface area contributed by atoms with Gasteiger partial charge in [-0.1, -0.05) is 6.07 Å². The van der Waals surface area contributed by atoms with Crippen LogP contribution in [0.3, 0.4) is 0 Å². The Morgan fingerprint density at radius 1 is 1.27 bits per heavy atom. The molecule has 0 aliphatic heterocycles. The van der Waals surface area contributed by atoms with Gasteiger partial charge in [-0.15, -0.1) is 0 Å². The molecular weight excluding hydrogens is 190 g/mol. The molecular formula is C12H11NO2. The number of pyridine rings is 2. The van der Waals surface area contributed by atoms with Crippen LogP contribution in [0.25, 0.3) is 5.52 Å². The molecule has 3 nitrogen and oxygen atoms in total. The van der Waals surface area contributed by atoms with Crippen LogP contribution in [0.2, 0.25) is 0 Å². The van der Waals surface area contributed by atoms with Crippen LogP contribution in [0, 0.1) is 6.92 Å². The molecule has 76 valence electrons. The molecule has 0 amide bonds. The van der Waals surface area contributed by atoms with Gasteiger partial charge in [0.15, 0.2) is 5.78 Å². The van der Waals surface area contributed by atoms with E-state index in [1.165, 1.54) is 13.0 Å². The maximum absolute atomic E-state index is 11.7. The molecule has 0 radical (unpaired) electrons. The first kappa shape index (κ1) is 9.65. The normalized spacial score (nSPS) is 10.5. The minimum Gasteiger partial charge on any atom is -0.295 e. The van der Waals surface area contributed by atoms with Crippen molar-refractivity contribution in [3.63, 3.8) is 0 Å². The van der Waals surface area contributed by atoms with Crippen LogP contribution >= 0.6 is 0 Å². The van der Waals surface area contributed by atoms with Gasteiger partial charge in [0.25, 0.3) is 5.56 Å². The standard InChI is InChI=1S/C12H11NO2/c1-8-3-4-11-5-10(9(2)14)6-12(15)13(11)7-8/h3-7H,1-2H3. The molecule has 2 rings (SSSR count). The molecule has 15 heavy (non-hydrogen) atoms. The average molecular weight is 201 g/mol. The van der Waals surface area contributed by atoms with Gasteiger partial charge in [0.2, 0.25) is 0 Å². The SMILES string of the molecule is CC(=O)c1cc(=O)n2cc(C)ccc2c1. The fraction of sp³-hybridized carbons (Fsp3) is 0.167. The number of carbonyl (C=O) groups excluding carboxylic acids is 1. The summed E-state index contributed by atoms with van der Waals surface area (Å²) in [5.41, 5.74) is 2.06. The van der Waals surface area contributed by atoms with Gasteiger partial charge in [0.1, 0.15) is 0 Å². The predicted octanol–water partition coefficient (Wildman–Crippen LogP) is 1.81. The summed E-state index contributed by atoms with van der Waals surface area (Å²) in [4.78, 5) is 22.8. The highest BCUT2D eigenvalue weighted by Gasteiger charge is 2.03. The summed E-state index contributed by atoms with van der Waals surface area (Å²) in [5, 5.41) is 0. The van der Waals surface area contributed by atoms with Gasteiger partial charge < -0.3 is 0 Å². The lowest BCUT2D eigenvalue weighted by Crippen LogP contribution is -2.14. The summed E-state index contributed by atoms with van der Waals surface area (Å²) >= 11 is 0. The highest BCUT2D eigenvalue weighted by atomic mass is 16.1. The summed E-state index contributed by atoms with van der Waals surface area (Å²) in [7, 11) is 0. The van der Waals surface area contributed by atoms with Crippen molar-refractivity contribution >= 4 is 11.3 Å². The maximum Gasteiger partial charge on any atom is 0.255 e. The number of hydrogen-bond acceptors (Lipinski definition) is 2. The molecule has 0 fully saturated rings. The van der Waals surface area contributed by atoms with Gasteiger partial charge in [0.05, 0.1) is 0 Å². The Morgan fingerprint density at radius 2 is 2.00 bits per heavy atom. The number of aromatic nitrogens is 1. The summed E-state index contributed by atoms with van der Waals surface area (Å²) in [6.45, 7) is 3.38. The number of aryl methyl sites for hydroxylation is 1. The van der Waals surface area contributed by atoms with E-state index in [1.54, 1.807) is 16.7 Å². The van der Waals surface area contributed by atoms with E-state index in [-0.39, 0.29) is 11.3 Å². The van der Waals surface area contributed by atoms with Crippen molar-refractivity contribution in [2.75, 3.05) is 0 Å². The molecule has 3 heteroatoms. The van der Waals surface area contributed by atoms with E-state index in [1.807, 2.05) is 19.1 Å². The lowest BCUT2D eigenvalue weighted by Gasteiger charge is -2.03. The molecule has 0 aliphatic carbocycles. The molecule has 0 aromatic carbocycles. The second-order valence-electron chi connectivity index (χ2n) is 3.64. The molecule has 2 heterocycles. The van der Waals surface area contributed by atoms with Crippen molar-refractivity contribution in [2.24, 2.45) is 0 Å². The van der Waals surface area contributed by atoms with E-state index in [2.05, 4.69) is 0 Å². The van der Waals surface area contributed by atoms with Crippen molar-refractivity contribution in [1.82, 2.24) is 4.40 Å². The number of fused-ring (bicyclic) bond motifs is 1. The van der Waals surface area contributed by atoms with Crippen LogP contribution in [0.5, 0.6) is 0 Å². The number of carbonyl (C=O) groups is 1. The smallest absolute Gasteiger partial charge is 0.255 e. The van der Waals surface area contributed by atoms with Gasteiger partial charge in [-0.2, -0.15) is 0 Å². The second kappa shape index (κ2) is 3.35. The Labute approximate surface area is 87.0 Å². The van der Waals surface area contributed by atoms with Crippen LogP contribution < -0.4 is 5.56 Å². The summed E-state index contributed by atoms with van der Waals surface area (Å²) in [6, 6.07) is 6.85. The van der Waals surface area contributed by atoms with E-state index >= 15 is 0 Å². The Bertz CT molecular complexity index is 596. The second-order valence-corrected chi connectivity index (χ2v) is 3.64. The quantitative estimate of drug-likeness (QED) is 0.660. The van der Waals surface area contributed by atoms with Gasteiger partial charge in [-0.05, 0) is 31.5 Å². The van der Waals surface area contributed by atoms with E-state index < -0.39 is 0 Å². The van der Waals surface area contributed by atoms with Crippen LogP contribution in [0.15, 0.2) is 35.3 Å². The van der Waals surface area contributed by atoms with E-state index in [9.17, 15) is 9.59 Å². The van der Waals surface area contributed by atoms with Gasteiger partial charge in [0, 0.05) is 23.3 Å². The van der Waals surface area contributed by atoms with Crippen molar-refractivity contribution in [3.8, 4) is 0 Å². The third-order valence-corrected chi connectivity index (χ3v) is 2.35. The van der Waals surface area contributed by atoms with Crippen LogP contribution in [0.1, 0.15) is 22.8 Å². The maximum atomic E-state index is 11.7. The molecule has 0 aliphatic rings. The Hall–Kier alpha value is -1.90. The highest BCUT2D eigenvalue weighted by molar-refractivity contribution is 5.95. The zero-order chi connectivity index (χ0) is 11.0. The molecule has 0 N–H and O–H groups in total. The van der Waals surface area contributed by atoms with Gasteiger partial charge >= 0.3 is 0 Å². The lowest BCUT2D eigenvalue weighted by atomic mass is 10.1. The fourth-order valence-electron chi connectivity index (χ4n) is 1.53. The molecule has 0 saturated heterocycles. The minimum atomic E-state index is -0.165. The van der Waals surface area contributed by atoms with E-state index in [4.69, 9.17) is 0 Å². The Morgan fingerprint density at radius 3 is 2.67 bits per heavy atom. The molecule has 2 aromatic heterocycles. The zero-order valence-electron chi connectivity index (χ0n) is 8.65. The van der Waals surface area contributed by atoms with Gasteiger partial charge in [-0.25, -0.2) is 0 Å². The van der Waals surface area contributed by atoms with Crippen LogP contribution in [-0.4, -0.2) is 10.2 Å². The molecule has 0 bridgehead atoms. The molecule has 0 saturated carbocycles. The van der Waals surface area contributed by atoms with Crippen molar-refractivity contribution in [2.45, 2.75) is 13.8 Å². The van der Waals surface area contributed by atoms with Gasteiger partial charge in [-0.3, -0.25) is 14.0 Å².